The first kappa shape index (κ1) is 38.1. The molecule has 11 aromatic rings. The molecule has 2 aromatic heterocycles. The fourth-order valence-corrected chi connectivity index (χ4v) is 10.8. The lowest BCUT2D eigenvalue weighted by atomic mass is 9.64. The standard InChI is InChI=1S/C60H35N7/c1-62-51-35-40(59-64-57(38-18-4-2-5-19-38)63-58(65-59)39-20-6-3-7-21-39)34-41(37-61)56(51)67-54-30-16-12-26-49(54)60(50-27-13-17-31-55(50)67)47-25-11-8-22-43(47)46-36-42(32-33-48(46)60)66-52-28-14-9-23-44(52)45-24-10-15-29-53(45)66/h2-36H. The van der Waals surface area contributed by atoms with Crippen molar-refractivity contribution < 1.29 is 0 Å². The number of aromatic nitrogens is 4. The van der Waals surface area contributed by atoms with Crippen LogP contribution in [-0.2, 0) is 5.41 Å². The fourth-order valence-electron chi connectivity index (χ4n) is 10.8. The van der Waals surface area contributed by atoms with Crippen molar-refractivity contribution in [3.05, 3.63) is 252 Å². The lowest BCUT2D eigenvalue weighted by molar-refractivity contribution is 0.752. The van der Waals surface area contributed by atoms with Crippen molar-refractivity contribution in [2.45, 2.75) is 5.41 Å². The van der Waals surface area contributed by atoms with E-state index in [1.807, 2.05) is 84.9 Å². The second-order valence-corrected chi connectivity index (χ2v) is 16.9. The summed E-state index contributed by atoms with van der Waals surface area (Å²) in [6.07, 6.45) is 0. The summed E-state index contributed by atoms with van der Waals surface area (Å²) >= 11 is 0. The zero-order valence-electron chi connectivity index (χ0n) is 35.8. The van der Waals surface area contributed by atoms with Crippen LogP contribution in [-0.4, -0.2) is 19.5 Å². The van der Waals surface area contributed by atoms with Crippen molar-refractivity contribution in [2.75, 3.05) is 4.90 Å². The molecule has 13 rings (SSSR count). The third kappa shape index (κ3) is 5.53. The zero-order valence-corrected chi connectivity index (χ0v) is 35.8. The normalized spacial score (nSPS) is 12.8. The number of fused-ring (bicyclic) bond motifs is 12. The molecular formula is C60H35N7. The van der Waals surface area contributed by atoms with Crippen LogP contribution in [0.4, 0.5) is 22.7 Å². The van der Waals surface area contributed by atoms with Crippen molar-refractivity contribution in [1.82, 2.24) is 19.5 Å². The summed E-state index contributed by atoms with van der Waals surface area (Å²) in [6.45, 7) is 8.72. The Hall–Kier alpha value is -9.43. The Kier molecular flexibility index (Phi) is 8.42. The molecule has 0 amide bonds. The number of rotatable bonds is 5. The average molecular weight is 854 g/mol. The number of anilines is 3. The van der Waals surface area contributed by atoms with Crippen LogP contribution in [0.25, 0.3) is 77.6 Å². The van der Waals surface area contributed by atoms with Gasteiger partial charge in [-0.3, -0.25) is 0 Å². The van der Waals surface area contributed by atoms with Crippen LogP contribution in [0.3, 0.4) is 0 Å². The second kappa shape index (κ2) is 14.8. The lowest BCUT2D eigenvalue weighted by Gasteiger charge is -2.45. The van der Waals surface area contributed by atoms with Crippen molar-refractivity contribution >= 4 is 44.6 Å². The maximum atomic E-state index is 11.2. The summed E-state index contributed by atoms with van der Waals surface area (Å²) in [5.74, 6) is 1.37. The molecule has 0 N–H and O–H groups in total. The zero-order chi connectivity index (χ0) is 44.6. The Bertz CT molecular complexity index is 3720. The van der Waals surface area contributed by atoms with Gasteiger partial charge in [-0.25, -0.2) is 19.8 Å². The van der Waals surface area contributed by atoms with Crippen LogP contribution < -0.4 is 4.90 Å². The first-order valence-corrected chi connectivity index (χ1v) is 22.2. The Labute approximate surface area is 386 Å². The molecule has 0 unspecified atom stereocenters. The van der Waals surface area contributed by atoms with Gasteiger partial charge in [0.05, 0.1) is 40.3 Å². The molecule has 0 atom stereocenters. The van der Waals surface area contributed by atoms with Crippen molar-refractivity contribution in [1.29, 1.82) is 5.26 Å². The molecule has 0 bridgehead atoms. The smallest absolute Gasteiger partial charge is 0.212 e. The largest absolute Gasteiger partial charge is 0.318 e. The Balaban J connectivity index is 1.02. The summed E-state index contributed by atoms with van der Waals surface area (Å²) in [5.41, 5.74) is 14.7. The molecule has 0 saturated heterocycles. The summed E-state index contributed by atoms with van der Waals surface area (Å²) in [5, 5.41) is 13.6. The third-order valence-electron chi connectivity index (χ3n) is 13.5. The van der Waals surface area contributed by atoms with Crippen molar-refractivity contribution in [2.24, 2.45) is 0 Å². The number of nitrogens with zero attached hydrogens (tertiary/aromatic N) is 7. The average Bonchev–Trinajstić information content (AvgIpc) is 3.89. The van der Waals surface area contributed by atoms with Crippen LogP contribution in [0.5, 0.6) is 0 Å². The first-order valence-electron chi connectivity index (χ1n) is 22.2. The van der Waals surface area contributed by atoms with Crippen LogP contribution in [0.2, 0.25) is 0 Å². The Morgan fingerprint density at radius 3 is 1.54 bits per heavy atom. The molecule has 0 saturated carbocycles. The van der Waals surface area contributed by atoms with Gasteiger partial charge in [0, 0.05) is 44.5 Å². The van der Waals surface area contributed by atoms with E-state index < -0.39 is 5.41 Å². The van der Waals surface area contributed by atoms with E-state index in [-0.39, 0.29) is 0 Å². The summed E-state index contributed by atoms with van der Waals surface area (Å²) in [6, 6.07) is 75.6. The number of hydrogen-bond donors (Lipinski definition) is 0. The van der Waals surface area contributed by atoms with Crippen LogP contribution in [0.15, 0.2) is 212 Å². The van der Waals surface area contributed by atoms with Crippen LogP contribution in [0.1, 0.15) is 27.8 Å². The summed E-state index contributed by atoms with van der Waals surface area (Å²) in [4.78, 5) is 21.1. The lowest BCUT2D eigenvalue weighted by Crippen LogP contribution is -2.36. The van der Waals surface area contributed by atoms with Gasteiger partial charge in [-0.1, -0.05) is 164 Å². The third-order valence-corrected chi connectivity index (χ3v) is 13.5. The Morgan fingerprint density at radius 1 is 0.463 bits per heavy atom. The first-order chi connectivity index (χ1) is 33.1. The van der Waals surface area contributed by atoms with E-state index in [9.17, 15) is 5.26 Å². The van der Waals surface area contributed by atoms with Gasteiger partial charge in [0.1, 0.15) is 0 Å². The van der Waals surface area contributed by atoms with Crippen molar-refractivity contribution in [3.63, 3.8) is 0 Å². The van der Waals surface area contributed by atoms with Gasteiger partial charge in [0.25, 0.3) is 0 Å². The molecule has 2 aliphatic rings. The molecule has 67 heavy (non-hydrogen) atoms. The molecule has 1 spiro atoms. The topological polar surface area (TPSA) is 75.0 Å². The highest BCUT2D eigenvalue weighted by molar-refractivity contribution is 6.09. The van der Waals surface area contributed by atoms with E-state index in [4.69, 9.17) is 21.5 Å². The number of hydrogen-bond acceptors (Lipinski definition) is 5. The predicted molar refractivity (Wildman–Crippen MR) is 267 cm³/mol. The summed E-state index contributed by atoms with van der Waals surface area (Å²) < 4.78 is 2.38. The number of nitriles is 1. The van der Waals surface area contributed by atoms with Crippen molar-refractivity contribution in [3.8, 4) is 57.0 Å². The van der Waals surface area contributed by atoms with Gasteiger partial charge in [0.15, 0.2) is 17.5 Å². The summed E-state index contributed by atoms with van der Waals surface area (Å²) in [7, 11) is 0. The Morgan fingerprint density at radius 2 is 0.955 bits per heavy atom. The molecule has 9 aromatic carbocycles. The molecule has 7 nitrogen and oxygen atoms in total. The maximum absolute atomic E-state index is 11.2. The molecule has 0 fully saturated rings. The molecule has 3 heterocycles. The quantitative estimate of drug-likeness (QED) is 0.161. The highest BCUT2D eigenvalue weighted by Crippen LogP contribution is 2.64. The minimum Gasteiger partial charge on any atom is -0.318 e. The van der Waals surface area contributed by atoms with Crippen LogP contribution in [0, 0.1) is 17.9 Å². The predicted octanol–water partition coefficient (Wildman–Crippen LogP) is 14.5. The number of para-hydroxylation sites is 4. The van der Waals surface area contributed by atoms with Gasteiger partial charge in [0.2, 0.25) is 5.69 Å². The SMILES string of the molecule is [C-]#[N+]c1cc(-c2nc(-c3ccccc3)nc(-c3ccccc3)n2)cc(C#N)c1N1c2ccccc2C2(c3ccccc3-c3cc(-n4c5ccccc5c5ccccc54)ccc32)c2ccccc21. The molecule has 310 valence electrons. The van der Waals surface area contributed by atoms with E-state index in [1.54, 1.807) is 0 Å². The van der Waals surface area contributed by atoms with E-state index >= 15 is 0 Å². The molecule has 1 aliphatic carbocycles. The van der Waals surface area contributed by atoms with Gasteiger partial charge in [-0.2, -0.15) is 5.26 Å². The van der Waals surface area contributed by atoms with E-state index in [2.05, 4.69) is 148 Å². The molecular weight excluding hydrogens is 819 g/mol. The van der Waals surface area contributed by atoms with Gasteiger partial charge in [-0.05, 0) is 81.9 Å². The van der Waals surface area contributed by atoms with Gasteiger partial charge < -0.3 is 9.47 Å². The highest BCUT2D eigenvalue weighted by Gasteiger charge is 2.52. The minimum absolute atomic E-state index is 0.306. The van der Waals surface area contributed by atoms with E-state index in [0.29, 0.717) is 40.0 Å². The molecule has 1 aliphatic heterocycles. The minimum atomic E-state index is -0.716. The second-order valence-electron chi connectivity index (χ2n) is 16.9. The van der Waals surface area contributed by atoms with Gasteiger partial charge >= 0.3 is 0 Å². The van der Waals surface area contributed by atoms with E-state index in [0.717, 1.165) is 50.3 Å². The fraction of sp³-hybridized carbons (Fsp3) is 0.0167. The number of benzene rings is 9. The van der Waals surface area contributed by atoms with Crippen LogP contribution >= 0.6 is 0 Å². The monoisotopic (exact) mass is 853 g/mol. The maximum Gasteiger partial charge on any atom is 0.212 e. The van der Waals surface area contributed by atoms with Gasteiger partial charge in [-0.15, -0.1) is 0 Å². The molecule has 0 radical (unpaired) electrons. The highest BCUT2D eigenvalue weighted by atomic mass is 15.2. The molecule has 7 heteroatoms. The van der Waals surface area contributed by atoms with E-state index in [1.165, 1.54) is 33.0 Å².